The monoisotopic (exact) mass is 635 g/mol. The second kappa shape index (κ2) is 12.0. The van der Waals surface area contributed by atoms with Crippen molar-refractivity contribution in [3.05, 3.63) is 116 Å². The normalized spacial score (nSPS) is 11.1. The lowest BCUT2D eigenvalue weighted by Gasteiger charge is -2.09. The topological polar surface area (TPSA) is 92.8 Å². The average Bonchev–Trinajstić information content (AvgIpc) is 3.35. The molecule has 0 saturated carbocycles. The minimum atomic E-state index is -0.570. The Kier molecular flexibility index (Phi) is 8.21. The Morgan fingerprint density at radius 2 is 1.73 bits per heavy atom. The molecule has 4 aromatic carbocycles. The maximum Gasteiger partial charge on any atom is 0.343 e. The van der Waals surface area contributed by atoms with E-state index < -0.39 is 11.9 Å². The Hall–Kier alpha value is -4.11. The number of methoxy groups -OCH3 is 1. The largest absolute Gasteiger partial charge is 0.497 e. The highest BCUT2D eigenvalue weighted by molar-refractivity contribution is 9.10. The van der Waals surface area contributed by atoms with E-state index in [1.165, 1.54) is 13.3 Å². The number of esters is 1. The van der Waals surface area contributed by atoms with E-state index in [-0.39, 0.29) is 11.4 Å². The van der Waals surface area contributed by atoms with Gasteiger partial charge < -0.3 is 14.5 Å². The number of aromatic amines is 1. The zero-order chi connectivity index (χ0) is 28.2. The van der Waals surface area contributed by atoms with Crippen LogP contribution in [0.25, 0.3) is 22.0 Å². The van der Waals surface area contributed by atoms with Gasteiger partial charge in [-0.1, -0.05) is 75.5 Å². The van der Waals surface area contributed by atoms with E-state index >= 15 is 0 Å². The van der Waals surface area contributed by atoms with Crippen LogP contribution in [-0.2, 0) is 0 Å². The van der Waals surface area contributed by atoms with Gasteiger partial charge in [0.15, 0.2) is 0 Å². The molecule has 1 amide bonds. The third-order valence-electron chi connectivity index (χ3n) is 6.00. The van der Waals surface area contributed by atoms with Gasteiger partial charge >= 0.3 is 5.97 Å². The summed E-state index contributed by atoms with van der Waals surface area (Å²) in [4.78, 5) is 29.2. The van der Waals surface area contributed by atoms with Gasteiger partial charge in [-0.2, -0.15) is 5.10 Å². The van der Waals surface area contributed by atoms with E-state index in [0.717, 1.165) is 9.86 Å². The van der Waals surface area contributed by atoms with Crippen LogP contribution in [0.4, 0.5) is 0 Å². The molecule has 0 unspecified atom stereocenters. The summed E-state index contributed by atoms with van der Waals surface area (Å²) < 4.78 is 11.5. The summed E-state index contributed by atoms with van der Waals surface area (Å²) in [5, 5.41) is 5.83. The summed E-state index contributed by atoms with van der Waals surface area (Å²) in [6.45, 7) is 0. The molecule has 0 bridgehead atoms. The molecular weight excluding hydrogens is 617 g/mol. The van der Waals surface area contributed by atoms with E-state index in [1.54, 1.807) is 60.7 Å². The van der Waals surface area contributed by atoms with Crippen LogP contribution >= 0.6 is 39.1 Å². The number of hydrazone groups is 1. The van der Waals surface area contributed by atoms with Crippen LogP contribution in [0, 0.1) is 0 Å². The molecule has 0 aliphatic carbocycles. The fraction of sp³-hybridized carbons (Fsp3) is 0.0333. The van der Waals surface area contributed by atoms with Crippen LogP contribution in [0.5, 0.6) is 11.5 Å². The van der Waals surface area contributed by atoms with E-state index in [0.29, 0.717) is 43.6 Å². The van der Waals surface area contributed by atoms with Crippen molar-refractivity contribution in [2.45, 2.75) is 0 Å². The van der Waals surface area contributed by atoms with Crippen molar-refractivity contribution in [3.8, 4) is 22.6 Å². The molecule has 0 aliphatic rings. The van der Waals surface area contributed by atoms with Crippen LogP contribution in [0.2, 0.25) is 10.0 Å². The highest BCUT2D eigenvalue weighted by Crippen LogP contribution is 2.38. The number of hydrogen-bond donors (Lipinski definition) is 2. The first kappa shape index (κ1) is 27.5. The molecule has 0 radical (unpaired) electrons. The van der Waals surface area contributed by atoms with Gasteiger partial charge in [-0.15, -0.1) is 0 Å². The van der Waals surface area contributed by atoms with Crippen molar-refractivity contribution in [1.82, 2.24) is 10.4 Å². The fourth-order valence-corrected chi connectivity index (χ4v) is 4.96. The van der Waals surface area contributed by atoms with Crippen molar-refractivity contribution in [1.29, 1.82) is 0 Å². The molecule has 1 aromatic heterocycles. The number of H-pyrrole nitrogens is 1. The third kappa shape index (κ3) is 5.74. The predicted molar refractivity (Wildman–Crippen MR) is 161 cm³/mol. The van der Waals surface area contributed by atoms with Crippen molar-refractivity contribution < 1.29 is 19.1 Å². The van der Waals surface area contributed by atoms with Crippen molar-refractivity contribution >= 4 is 68.1 Å². The number of hydrogen-bond acceptors (Lipinski definition) is 5. The van der Waals surface area contributed by atoms with Crippen LogP contribution in [0.3, 0.4) is 0 Å². The Bertz CT molecular complexity index is 1780. The van der Waals surface area contributed by atoms with Gasteiger partial charge in [-0.3, -0.25) is 4.79 Å². The minimum absolute atomic E-state index is 0.243. The van der Waals surface area contributed by atoms with Crippen LogP contribution in [0.15, 0.2) is 94.5 Å². The molecule has 40 heavy (non-hydrogen) atoms. The number of fused-ring (bicyclic) bond motifs is 1. The molecule has 200 valence electrons. The molecule has 7 nitrogen and oxygen atoms in total. The standard InChI is InChI=1S/C30H20BrCl2N3O4/c1-39-20-7-4-6-17(15-20)30(38)40-25-13-12-19(31)14-18(25)16-34-36-29(37)28-26(21-8-2-3-10-23(21)32)22-9-5-11-24(33)27(22)35-28/h2-16,35H,1H3,(H,36,37). The number of carbonyl (C=O) groups is 2. The number of rotatable bonds is 7. The number of aromatic nitrogens is 1. The number of amides is 1. The molecule has 5 aromatic rings. The highest BCUT2D eigenvalue weighted by Gasteiger charge is 2.22. The summed E-state index contributed by atoms with van der Waals surface area (Å²) in [5.41, 5.74) is 5.44. The average molecular weight is 637 g/mol. The van der Waals surface area contributed by atoms with Gasteiger partial charge in [0.25, 0.3) is 5.91 Å². The van der Waals surface area contributed by atoms with Crippen LogP contribution in [0.1, 0.15) is 26.4 Å². The predicted octanol–water partition coefficient (Wildman–Crippen LogP) is 7.90. The second-order valence-corrected chi connectivity index (χ2v) is 10.3. The molecular formula is C30H20BrCl2N3O4. The van der Waals surface area contributed by atoms with Crippen molar-refractivity contribution in [2.24, 2.45) is 5.10 Å². The third-order valence-corrected chi connectivity index (χ3v) is 7.14. The zero-order valence-corrected chi connectivity index (χ0v) is 24.0. The molecule has 10 heteroatoms. The lowest BCUT2D eigenvalue weighted by atomic mass is 10.0. The van der Waals surface area contributed by atoms with E-state index in [2.05, 4.69) is 31.4 Å². The van der Waals surface area contributed by atoms with E-state index in [1.807, 2.05) is 24.3 Å². The summed E-state index contributed by atoms with van der Waals surface area (Å²) in [6.07, 6.45) is 1.39. The second-order valence-electron chi connectivity index (χ2n) is 8.52. The number of para-hydroxylation sites is 1. The smallest absolute Gasteiger partial charge is 0.343 e. The highest BCUT2D eigenvalue weighted by atomic mass is 79.9. The van der Waals surface area contributed by atoms with Crippen LogP contribution in [-0.4, -0.2) is 30.2 Å². The minimum Gasteiger partial charge on any atom is -0.497 e. The number of nitrogens with zero attached hydrogens (tertiary/aromatic N) is 1. The van der Waals surface area contributed by atoms with Gasteiger partial charge in [-0.25, -0.2) is 10.2 Å². The number of halogens is 3. The Labute approximate surface area is 247 Å². The Balaban J connectivity index is 1.43. The van der Waals surface area contributed by atoms with Crippen molar-refractivity contribution in [2.75, 3.05) is 7.11 Å². The number of carbonyl (C=O) groups excluding carboxylic acids is 2. The van der Waals surface area contributed by atoms with E-state index in [9.17, 15) is 9.59 Å². The lowest BCUT2D eigenvalue weighted by Crippen LogP contribution is -2.19. The Morgan fingerprint density at radius 1 is 0.950 bits per heavy atom. The first-order valence-corrected chi connectivity index (χ1v) is 13.4. The summed E-state index contributed by atoms with van der Waals surface area (Å²) >= 11 is 16.3. The first-order chi connectivity index (χ1) is 19.4. The number of benzene rings is 4. The SMILES string of the molecule is COc1cccc(C(=O)Oc2ccc(Br)cc2C=NNC(=O)c2[nH]c3c(Cl)cccc3c2-c2ccccc2Cl)c1. The lowest BCUT2D eigenvalue weighted by molar-refractivity contribution is 0.0733. The fourth-order valence-electron chi connectivity index (χ4n) is 4.13. The summed E-state index contributed by atoms with van der Waals surface area (Å²) in [7, 11) is 1.52. The summed E-state index contributed by atoms with van der Waals surface area (Å²) in [6, 6.07) is 24.3. The van der Waals surface area contributed by atoms with Gasteiger partial charge in [0.2, 0.25) is 0 Å². The zero-order valence-electron chi connectivity index (χ0n) is 20.9. The van der Waals surface area contributed by atoms with E-state index in [4.69, 9.17) is 32.7 Å². The molecule has 1 heterocycles. The quantitative estimate of drug-likeness (QED) is 0.0822. The van der Waals surface area contributed by atoms with Gasteiger partial charge in [-0.05, 0) is 48.5 Å². The molecule has 2 N–H and O–H groups in total. The maximum absolute atomic E-state index is 13.3. The van der Waals surface area contributed by atoms with Gasteiger partial charge in [0.1, 0.15) is 17.2 Å². The first-order valence-electron chi connectivity index (χ1n) is 11.9. The molecule has 0 fully saturated rings. The molecule has 0 spiro atoms. The summed E-state index contributed by atoms with van der Waals surface area (Å²) in [5.74, 6) is -0.296. The van der Waals surface area contributed by atoms with Crippen LogP contribution < -0.4 is 14.9 Å². The number of nitrogens with one attached hydrogen (secondary N) is 2. The molecule has 0 saturated heterocycles. The van der Waals surface area contributed by atoms with Gasteiger partial charge in [0.05, 0.1) is 29.4 Å². The molecule has 5 rings (SSSR count). The molecule has 0 aliphatic heterocycles. The Morgan fingerprint density at radius 3 is 2.52 bits per heavy atom. The maximum atomic E-state index is 13.3. The number of ether oxygens (including phenoxy) is 2. The molecule has 0 atom stereocenters. The van der Waals surface area contributed by atoms with Crippen molar-refractivity contribution in [3.63, 3.8) is 0 Å². The van der Waals surface area contributed by atoms with Gasteiger partial charge in [0, 0.05) is 31.6 Å².